The first kappa shape index (κ1) is 16.4. The van der Waals surface area contributed by atoms with Crippen LogP contribution in [0.3, 0.4) is 0 Å². The molecular weight excluding hydrogens is 320 g/mol. The first-order valence-electron chi connectivity index (χ1n) is 7.74. The number of amides is 1. The third kappa shape index (κ3) is 4.07. The van der Waals surface area contributed by atoms with Gasteiger partial charge in [-0.3, -0.25) is 4.79 Å². The fourth-order valence-electron chi connectivity index (χ4n) is 2.31. The Morgan fingerprint density at radius 1 is 1.04 bits per heavy atom. The lowest BCUT2D eigenvalue weighted by molar-refractivity contribution is 0.0958. The molecular formula is C19H18N2O2S. The van der Waals surface area contributed by atoms with Gasteiger partial charge >= 0.3 is 0 Å². The van der Waals surface area contributed by atoms with Crippen LogP contribution in [0.2, 0.25) is 0 Å². The Morgan fingerprint density at radius 2 is 1.75 bits per heavy atom. The molecule has 1 aromatic heterocycles. The number of carbonyl (C=O) groups is 1. The van der Waals surface area contributed by atoms with E-state index in [4.69, 9.17) is 5.11 Å². The molecule has 5 heteroatoms. The van der Waals surface area contributed by atoms with Crippen molar-refractivity contribution < 1.29 is 9.90 Å². The highest BCUT2D eigenvalue weighted by Crippen LogP contribution is 2.24. The van der Waals surface area contributed by atoms with Gasteiger partial charge in [-0.2, -0.15) is 0 Å². The molecule has 0 spiro atoms. The number of benzene rings is 2. The zero-order valence-electron chi connectivity index (χ0n) is 13.1. The monoisotopic (exact) mass is 338 g/mol. The van der Waals surface area contributed by atoms with Crippen molar-refractivity contribution in [3.8, 4) is 10.6 Å². The molecule has 0 atom stereocenters. The minimum absolute atomic E-state index is 0.0478. The minimum Gasteiger partial charge on any atom is -0.392 e. The highest BCUT2D eigenvalue weighted by molar-refractivity contribution is 7.16. The van der Waals surface area contributed by atoms with Gasteiger partial charge in [-0.05, 0) is 17.5 Å². The van der Waals surface area contributed by atoms with Gasteiger partial charge in [0.1, 0.15) is 9.88 Å². The third-order valence-electron chi connectivity index (χ3n) is 3.65. The molecule has 1 heterocycles. The molecule has 122 valence electrons. The van der Waals surface area contributed by atoms with Crippen molar-refractivity contribution >= 4 is 17.2 Å². The van der Waals surface area contributed by atoms with Crippen LogP contribution in [0, 0.1) is 0 Å². The number of hydrogen-bond acceptors (Lipinski definition) is 4. The molecule has 0 fully saturated rings. The van der Waals surface area contributed by atoms with Crippen LogP contribution in [-0.2, 0) is 13.0 Å². The highest BCUT2D eigenvalue weighted by atomic mass is 32.1. The Morgan fingerprint density at radius 3 is 2.46 bits per heavy atom. The molecule has 3 aromatic rings. The second-order valence-electron chi connectivity index (χ2n) is 5.38. The summed E-state index contributed by atoms with van der Waals surface area (Å²) >= 11 is 1.39. The SMILES string of the molecule is O=C(NCCc1ccc(CO)cc1)c1cnc(-c2ccccc2)s1. The van der Waals surface area contributed by atoms with Gasteiger partial charge in [0.15, 0.2) is 0 Å². The summed E-state index contributed by atoms with van der Waals surface area (Å²) in [6.45, 7) is 0.613. The fourth-order valence-corrected chi connectivity index (χ4v) is 3.15. The number of aromatic nitrogens is 1. The lowest BCUT2D eigenvalue weighted by Crippen LogP contribution is -2.24. The number of rotatable bonds is 6. The summed E-state index contributed by atoms with van der Waals surface area (Å²) in [5.41, 5.74) is 3.04. The normalized spacial score (nSPS) is 10.5. The standard InChI is InChI=1S/C19H18N2O2S/c22-13-15-8-6-14(7-9-15)10-11-20-18(23)17-12-21-19(24-17)16-4-2-1-3-5-16/h1-9,12,22H,10-11,13H2,(H,20,23). The molecule has 0 aliphatic carbocycles. The number of aliphatic hydroxyl groups is 1. The van der Waals surface area contributed by atoms with Crippen LogP contribution in [0.15, 0.2) is 60.8 Å². The molecule has 2 N–H and O–H groups in total. The second kappa shape index (κ2) is 7.86. The van der Waals surface area contributed by atoms with E-state index >= 15 is 0 Å². The predicted octanol–water partition coefficient (Wildman–Crippen LogP) is 3.27. The van der Waals surface area contributed by atoms with E-state index in [0.717, 1.165) is 28.1 Å². The van der Waals surface area contributed by atoms with Crippen molar-refractivity contribution in [3.63, 3.8) is 0 Å². The van der Waals surface area contributed by atoms with Crippen molar-refractivity contribution in [2.24, 2.45) is 0 Å². The topological polar surface area (TPSA) is 62.2 Å². The summed E-state index contributed by atoms with van der Waals surface area (Å²) in [7, 11) is 0. The van der Waals surface area contributed by atoms with Gasteiger partial charge in [-0.1, -0.05) is 54.6 Å². The van der Waals surface area contributed by atoms with E-state index in [1.54, 1.807) is 6.20 Å². The summed E-state index contributed by atoms with van der Waals surface area (Å²) in [6.07, 6.45) is 2.38. The molecule has 0 unspecified atom stereocenters. The van der Waals surface area contributed by atoms with Gasteiger partial charge in [-0.25, -0.2) is 4.98 Å². The number of aliphatic hydroxyl groups excluding tert-OH is 1. The summed E-state index contributed by atoms with van der Waals surface area (Å²) < 4.78 is 0. The zero-order chi connectivity index (χ0) is 16.8. The van der Waals surface area contributed by atoms with Gasteiger partial charge in [0.25, 0.3) is 5.91 Å². The van der Waals surface area contributed by atoms with E-state index < -0.39 is 0 Å². The van der Waals surface area contributed by atoms with E-state index in [2.05, 4.69) is 10.3 Å². The van der Waals surface area contributed by atoms with Crippen molar-refractivity contribution in [1.82, 2.24) is 10.3 Å². The summed E-state index contributed by atoms with van der Waals surface area (Å²) in [5, 5.41) is 12.8. The number of nitrogens with zero attached hydrogens (tertiary/aromatic N) is 1. The average Bonchev–Trinajstić information content (AvgIpc) is 3.13. The molecule has 1 amide bonds. The zero-order valence-corrected chi connectivity index (χ0v) is 13.9. The molecule has 2 aromatic carbocycles. The third-order valence-corrected chi connectivity index (χ3v) is 4.70. The minimum atomic E-state index is -0.0957. The first-order chi connectivity index (χ1) is 11.8. The van der Waals surface area contributed by atoms with Crippen LogP contribution in [0.1, 0.15) is 20.8 Å². The second-order valence-corrected chi connectivity index (χ2v) is 6.41. The Kier molecular flexibility index (Phi) is 5.36. The molecule has 4 nitrogen and oxygen atoms in total. The largest absolute Gasteiger partial charge is 0.392 e. The Bertz CT molecular complexity index is 798. The van der Waals surface area contributed by atoms with Crippen LogP contribution in [0.4, 0.5) is 0 Å². The number of nitrogens with one attached hydrogen (secondary N) is 1. The van der Waals surface area contributed by atoms with Crippen molar-refractivity contribution in [1.29, 1.82) is 0 Å². The van der Waals surface area contributed by atoms with Gasteiger partial charge in [0, 0.05) is 12.1 Å². The molecule has 0 aliphatic heterocycles. The number of thiazole rings is 1. The lowest BCUT2D eigenvalue weighted by Gasteiger charge is -2.04. The molecule has 0 saturated heterocycles. The van der Waals surface area contributed by atoms with Crippen LogP contribution in [0.25, 0.3) is 10.6 Å². The van der Waals surface area contributed by atoms with Crippen molar-refractivity contribution in [2.75, 3.05) is 6.54 Å². The van der Waals surface area contributed by atoms with Crippen LogP contribution in [-0.4, -0.2) is 22.5 Å². The van der Waals surface area contributed by atoms with E-state index in [-0.39, 0.29) is 12.5 Å². The summed E-state index contributed by atoms with van der Waals surface area (Å²) in [5.74, 6) is -0.0957. The highest BCUT2D eigenvalue weighted by Gasteiger charge is 2.11. The summed E-state index contributed by atoms with van der Waals surface area (Å²) in [4.78, 5) is 17.1. The number of hydrogen-bond donors (Lipinski definition) is 2. The number of carbonyl (C=O) groups excluding carboxylic acids is 1. The lowest BCUT2D eigenvalue weighted by atomic mass is 10.1. The van der Waals surface area contributed by atoms with Crippen LogP contribution in [0.5, 0.6) is 0 Å². The van der Waals surface area contributed by atoms with Crippen LogP contribution >= 0.6 is 11.3 Å². The van der Waals surface area contributed by atoms with Gasteiger partial charge in [0.2, 0.25) is 0 Å². The van der Waals surface area contributed by atoms with Gasteiger partial charge in [0.05, 0.1) is 12.8 Å². The Balaban J connectivity index is 1.54. The molecule has 0 saturated carbocycles. The van der Waals surface area contributed by atoms with Gasteiger partial charge in [-0.15, -0.1) is 11.3 Å². The molecule has 0 bridgehead atoms. The maximum absolute atomic E-state index is 12.2. The average molecular weight is 338 g/mol. The van der Waals surface area contributed by atoms with E-state index in [1.165, 1.54) is 11.3 Å². The molecule has 24 heavy (non-hydrogen) atoms. The summed E-state index contributed by atoms with van der Waals surface area (Å²) in [6, 6.07) is 17.6. The molecule has 3 rings (SSSR count). The van der Waals surface area contributed by atoms with E-state index in [0.29, 0.717) is 11.4 Å². The van der Waals surface area contributed by atoms with E-state index in [1.807, 2.05) is 54.6 Å². The molecule has 0 radical (unpaired) electrons. The maximum atomic E-state index is 12.2. The fraction of sp³-hybridized carbons (Fsp3) is 0.158. The van der Waals surface area contributed by atoms with Crippen molar-refractivity contribution in [3.05, 3.63) is 76.8 Å². The molecule has 0 aliphatic rings. The Labute approximate surface area is 144 Å². The van der Waals surface area contributed by atoms with E-state index in [9.17, 15) is 4.79 Å². The quantitative estimate of drug-likeness (QED) is 0.725. The maximum Gasteiger partial charge on any atom is 0.263 e. The van der Waals surface area contributed by atoms with Gasteiger partial charge < -0.3 is 10.4 Å². The van der Waals surface area contributed by atoms with Crippen molar-refractivity contribution in [2.45, 2.75) is 13.0 Å². The van der Waals surface area contributed by atoms with Crippen LogP contribution < -0.4 is 5.32 Å². The first-order valence-corrected chi connectivity index (χ1v) is 8.56. The predicted molar refractivity (Wildman–Crippen MR) is 96.0 cm³/mol. The Hall–Kier alpha value is -2.50. The smallest absolute Gasteiger partial charge is 0.263 e.